The number of anilines is 1. The molecule has 516 valence electrons. The van der Waals surface area contributed by atoms with Crippen LogP contribution >= 0.6 is 35.2 Å². The first-order valence-corrected chi connectivity index (χ1v) is 34.3. The molecule has 93 heavy (non-hydrogen) atoms. The van der Waals surface area contributed by atoms with Crippen molar-refractivity contribution in [1.82, 2.24) is 36.1 Å². The first-order chi connectivity index (χ1) is 44.5. The quantitative estimate of drug-likeness (QED) is 0.00857. The van der Waals surface area contributed by atoms with Gasteiger partial charge in [0, 0.05) is 71.4 Å². The van der Waals surface area contributed by atoms with Crippen molar-refractivity contribution in [2.75, 3.05) is 124 Å². The largest absolute Gasteiger partial charge is 0.491 e. The summed E-state index contributed by atoms with van der Waals surface area (Å²) in [4.78, 5) is 120. The molecule has 3 saturated heterocycles. The highest BCUT2D eigenvalue weighted by Gasteiger charge is 2.45. The molecule has 3 aliphatic heterocycles. The fourth-order valence-electron chi connectivity index (χ4n) is 8.70. The molecular formula is C50H75N14O25P3S. The number of Topliss-reactive ketones (excluding diaryl/α,β-unsaturated/α-hetero) is 1. The lowest BCUT2D eigenvalue weighted by molar-refractivity contribution is -0.126. The number of thioether (sulfide) groups is 1. The Kier molecular flexibility index (Phi) is 34.5. The van der Waals surface area contributed by atoms with Gasteiger partial charge in [0.05, 0.1) is 103 Å². The summed E-state index contributed by atoms with van der Waals surface area (Å²) in [6.07, 6.45) is -0.0363. The number of amides is 5. The molecule has 1 aromatic carbocycles. The van der Waals surface area contributed by atoms with E-state index in [1.807, 2.05) is 11.8 Å². The van der Waals surface area contributed by atoms with Crippen LogP contribution in [0.5, 0.6) is 5.75 Å². The van der Waals surface area contributed by atoms with Gasteiger partial charge < -0.3 is 94.5 Å². The second-order valence-corrected chi connectivity index (χ2v) is 25.6. The fraction of sp³-hybridized carbons (Fsp3) is 0.660. The van der Waals surface area contributed by atoms with Crippen LogP contribution < -0.4 is 42.7 Å². The van der Waals surface area contributed by atoms with Crippen LogP contribution in [0.4, 0.5) is 10.6 Å². The predicted molar refractivity (Wildman–Crippen MR) is 323 cm³/mol. The van der Waals surface area contributed by atoms with Crippen LogP contribution in [-0.2, 0) is 79.1 Å². The number of urea groups is 1. The number of nitrogens with two attached hydrogens (primary N) is 1. The van der Waals surface area contributed by atoms with E-state index >= 15 is 0 Å². The van der Waals surface area contributed by atoms with Gasteiger partial charge in [-0.05, 0) is 48.5 Å². The lowest BCUT2D eigenvalue weighted by Crippen LogP contribution is -2.36. The normalized spacial score (nSPS) is 19.8. The molecule has 43 heteroatoms. The van der Waals surface area contributed by atoms with Gasteiger partial charge in [-0.2, -0.15) is 25.4 Å². The average Bonchev–Trinajstić information content (AvgIpc) is 1.73. The molecule has 0 saturated carbocycles. The van der Waals surface area contributed by atoms with Gasteiger partial charge in [0.25, 0.3) is 5.91 Å². The van der Waals surface area contributed by atoms with Crippen molar-refractivity contribution in [1.29, 1.82) is 0 Å². The molecule has 1 aromatic heterocycles. The van der Waals surface area contributed by atoms with Gasteiger partial charge in [0.1, 0.15) is 49.6 Å². The minimum absolute atomic E-state index is 0.00869. The highest BCUT2D eigenvalue weighted by molar-refractivity contribution is 8.00. The zero-order chi connectivity index (χ0) is 67.5. The molecule has 2 aromatic rings. The summed E-state index contributed by atoms with van der Waals surface area (Å²) >= 11 is 1.87. The highest BCUT2D eigenvalue weighted by Crippen LogP contribution is 2.66. The van der Waals surface area contributed by atoms with Crippen LogP contribution in [0.1, 0.15) is 73.5 Å². The number of hydrogen-bond acceptors (Lipinski definition) is 26. The fourth-order valence-corrected chi connectivity index (χ4v) is 13.3. The molecule has 3 fully saturated rings. The number of nitrogens with one attached hydrogen (secondary N) is 5. The molecule has 39 nitrogen and oxygen atoms in total. The number of carbonyl (C=O) groups is 5. The maximum Gasteiger partial charge on any atom is 0.490 e. The third-order valence-corrected chi connectivity index (χ3v) is 18.3. The van der Waals surface area contributed by atoms with E-state index in [0.717, 1.165) is 35.8 Å². The Balaban J connectivity index is 0.858. The van der Waals surface area contributed by atoms with Crippen molar-refractivity contribution in [2.45, 2.75) is 93.4 Å². The molecule has 0 radical (unpaired) electrons. The van der Waals surface area contributed by atoms with E-state index in [9.17, 15) is 52.2 Å². The van der Waals surface area contributed by atoms with Crippen LogP contribution in [-0.4, -0.2) is 212 Å². The SMILES string of the molecule is [N-]=[N+]=NCO[C@@H]1C[C@H](n2cc(C#CCNC(=O)COCCOC(COc3cccc(C(=O)NCCCC(=O)CCOCCOCCOCCOCCNC(=O)CCCCC4SCC5NC(=O)NC54)c3)N=[N+]=[N-])c(N)nc2=O)O[C@@H]1COP(=O)(O)OP(=O)(O)OP(=O)(O)O. The van der Waals surface area contributed by atoms with E-state index in [0.29, 0.717) is 70.9 Å². The molecule has 5 rings (SSSR count). The third-order valence-electron chi connectivity index (χ3n) is 12.9. The Morgan fingerprint density at radius 3 is 2.31 bits per heavy atom. The Labute approximate surface area is 535 Å². The number of nitrogens with zero attached hydrogens (tertiary/aromatic N) is 8. The number of ether oxygens (including phenoxy) is 9. The van der Waals surface area contributed by atoms with Gasteiger partial charge in [-0.1, -0.05) is 34.6 Å². The number of rotatable bonds is 47. The van der Waals surface area contributed by atoms with Gasteiger partial charge in [-0.15, -0.1) is 0 Å². The topological polar surface area (TPSA) is 547 Å². The summed E-state index contributed by atoms with van der Waals surface area (Å²) in [5, 5.41) is 21.2. The predicted octanol–water partition coefficient (Wildman–Crippen LogP) is 1.70. The lowest BCUT2D eigenvalue weighted by Gasteiger charge is -2.21. The highest BCUT2D eigenvalue weighted by atomic mass is 32.2. The molecule has 0 spiro atoms. The van der Waals surface area contributed by atoms with Crippen molar-refractivity contribution in [3.05, 3.63) is 73.0 Å². The second-order valence-electron chi connectivity index (χ2n) is 19.9. The van der Waals surface area contributed by atoms with Gasteiger partial charge in [0.15, 0.2) is 6.23 Å². The Morgan fingerprint density at radius 1 is 0.849 bits per heavy atom. The number of phosphoric ester groups is 1. The number of hydrogen-bond donors (Lipinski definition) is 10. The van der Waals surface area contributed by atoms with Crippen molar-refractivity contribution < 1.29 is 113 Å². The molecule has 11 N–H and O–H groups in total. The molecular weight excluding hydrogens is 1320 g/mol. The minimum Gasteiger partial charge on any atom is -0.491 e. The molecule has 9 atom stereocenters. The van der Waals surface area contributed by atoms with Crippen LogP contribution in [0.15, 0.2) is 45.5 Å². The third kappa shape index (κ3) is 31.2. The number of azide groups is 2. The van der Waals surface area contributed by atoms with Crippen molar-refractivity contribution >= 4 is 70.6 Å². The molecule has 0 bridgehead atoms. The van der Waals surface area contributed by atoms with Crippen molar-refractivity contribution in [2.24, 2.45) is 10.2 Å². The second kappa shape index (κ2) is 41.5. The Morgan fingerprint density at radius 2 is 1.58 bits per heavy atom. The van der Waals surface area contributed by atoms with Crippen LogP contribution in [0.25, 0.3) is 20.9 Å². The van der Waals surface area contributed by atoms with E-state index in [1.165, 1.54) is 6.07 Å². The number of carbonyl (C=O) groups excluding carboxylic acids is 5. The summed E-state index contributed by atoms with van der Waals surface area (Å²) in [6, 6.07) is 6.49. The first-order valence-electron chi connectivity index (χ1n) is 28.8. The molecule has 0 aliphatic carbocycles. The average molecular weight is 1400 g/mol. The first kappa shape index (κ1) is 77.4. The standard InChI is InChI=1S/C50H75N14O25P3S/c51-47-35(28-64(50(70)60-47)45-27-39(85-33-57-62-52)40(87-45)29-86-91(74,75)89-92(76,77)88-90(71,72)73)7-4-13-54-43(67)30-82-24-25-83-44(61-63-53)31-84-37-9-3-6-34(26-37)48(68)56-14-5-8-36(65)12-16-78-18-20-80-22-23-81-21-19-79-17-15-55-42(66)11-2-1-10-41-46-38(32-93-41)58-49(69)59-46/h3,6,9,26,28,38-41,44-46H,1-2,5,8,10-25,27,29-33H2,(H,54,67)(H,55,66)(H,56,68)(H,74,75)(H,76,77)(H2,51,60,70)(H2,58,59,69)(H2,71,72,73)/t38?,39-,40-,41?,44?,45-,46?/m1/s1. The Hall–Kier alpha value is -6.33. The van der Waals surface area contributed by atoms with Crippen molar-refractivity contribution in [3.63, 3.8) is 0 Å². The van der Waals surface area contributed by atoms with Crippen LogP contribution in [0.3, 0.4) is 0 Å². The number of benzene rings is 1. The number of phosphoric acid groups is 3. The maximum absolute atomic E-state index is 12.9. The summed E-state index contributed by atoms with van der Waals surface area (Å²) in [7, 11) is -17.1. The number of aromatic nitrogens is 2. The maximum atomic E-state index is 12.9. The van der Waals surface area contributed by atoms with Gasteiger partial charge >= 0.3 is 35.2 Å². The lowest BCUT2D eigenvalue weighted by atomic mass is 10.0. The van der Waals surface area contributed by atoms with Crippen molar-refractivity contribution in [3.8, 4) is 17.6 Å². The monoisotopic (exact) mass is 1400 g/mol. The summed E-state index contributed by atoms with van der Waals surface area (Å²) < 4.78 is 97.7. The van der Waals surface area contributed by atoms with Gasteiger partial charge in [-0.25, -0.2) is 23.3 Å². The van der Waals surface area contributed by atoms with E-state index in [4.69, 9.17) is 69.2 Å². The van der Waals surface area contributed by atoms with E-state index in [2.05, 4.69) is 76.6 Å². The molecule has 4 heterocycles. The van der Waals surface area contributed by atoms with Gasteiger partial charge in [0.2, 0.25) is 11.8 Å². The van der Waals surface area contributed by atoms with E-state index < -0.39 is 85.6 Å². The van der Waals surface area contributed by atoms with Gasteiger partial charge in [-0.3, -0.25) is 28.3 Å². The Bertz CT molecular complexity index is 3150. The zero-order valence-corrected chi connectivity index (χ0v) is 53.6. The summed E-state index contributed by atoms with van der Waals surface area (Å²) in [5.41, 5.74) is 22.9. The van der Waals surface area contributed by atoms with E-state index in [-0.39, 0.29) is 111 Å². The molecule has 3 aliphatic rings. The number of fused-ring (bicyclic) bond motifs is 1. The molecule has 5 amide bonds. The minimum atomic E-state index is -5.85. The summed E-state index contributed by atoms with van der Waals surface area (Å²) in [5.74, 6) is 5.09. The smallest absolute Gasteiger partial charge is 0.490 e. The van der Waals surface area contributed by atoms with Crippen LogP contribution in [0.2, 0.25) is 0 Å². The van der Waals surface area contributed by atoms with E-state index in [1.54, 1.807) is 18.2 Å². The number of unbranched alkanes of at least 4 members (excludes halogenated alkanes) is 1. The number of ketones is 1. The van der Waals surface area contributed by atoms with Crippen LogP contribution in [0, 0.1) is 11.8 Å². The summed E-state index contributed by atoms with van der Waals surface area (Å²) in [6.45, 7) is 0.616. The zero-order valence-electron chi connectivity index (χ0n) is 50.1. The number of nitrogen functional groups attached to an aromatic ring is 1. The molecule has 6 unspecified atom stereocenters.